The van der Waals surface area contributed by atoms with E-state index in [1.807, 2.05) is 20.8 Å². The van der Waals surface area contributed by atoms with Crippen LogP contribution in [0.2, 0.25) is 0 Å². The summed E-state index contributed by atoms with van der Waals surface area (Å²) in [5.74, 6) is 0.155. The second-order valence-corrected chi connectivity index (χ2v) is 10.9. The van der Waals surface area contributed by atoms with Crippen molar-refractivity contribution in [2.75, 3.05) is 53.6 Å². The molecule has 12 nitrogen and oxygen atoms in total. The van der Waals surface area contributed by atoms with Gasteiger partial charge in [-0.3, -0.25) is 14.5 Å². The molecule has 1 aromatic heterocycles. The first-order chi connectivity index (χ1) is 20.1. The number of hydrogen-bond donors (Lipinski definition) is 1. The average Bonchev–Trinajstić information content (AvgIpc) is 3.43. The lowest BCUT2D eigenvalue weighted by Gasteiger charge is -2.35. The molecule has 0 aliphatic carbocycles. The Kier molecular flexibility index (Phi) is 10.1. The van der Waals surface area contributed by atoms with E-state index in [1.165, 1.54) is 41.1 Å². The first kappa shape index (κ1) is 30.8. The quantitative estimate of drug-likeness (QED) is 0.362. The maximum Gasteiger partial charge on any atom is 0.247 e. The van der Waals surface area contributed by atoms with Gasteiger partial charge in [-0.05, 0) is 61.9 Å². The van der Waals surface area contributed by atoms with Crippen LogP contribution in [0.25, 0.3) is 11.4 Å². The van der Waals surface area contributed by atoms with Gasteiger partial charge in [0.15, 0.2) is 11.5 Å². The number of benzene rings is 2. The largest absolute Gasteiger partial charge is 0.493 e. The molecule has 0 saturated carbocycles. The van der Waals surface area contributed by atoms with Crippen LogP contribution < -0.4 is 14.8 Å². The number of rotatable bonds is 11. The highest BCUT2D eigenvalue weighted by molar-refractivity contribution is 5.89. The number of amides is 2. The van der Waals surface area contributed by atoms with E-state index in [-0.39, 0.29) is 19.0 Å². The summed E-state index contributed by atoms with van der Waals surface area (Å²) >= 11 is 0. The van der Waals surface area contributed by atoms with Crippen molar-refractivity contribution in [3.63, 3.8) is 0 Å². The summed E-state index contributed by atoms with van der Waals surface area (Å²) < 4.78 is 30.0. The summed E-state index contributed by atoms with van der Waals surface area (Å²) in [6, 6.07) is 9.83. The topological polar surface area (TPSA) is 124 Å². The monoisotopic (exact) mass is 583 g/mol. The number of morpholine rings is 1. The van der Waals surface area contributed by atoms with Crippen LogP contribution in [0, 0.1) is 5.82 Å². The van der Waals surface area contributed by atoms with Crippen LogP contribution in [0.15, 0.2) is 42.5 Å². The third kappa shape index (κ3) is 8.01. The number of hydrogen-bond acceptors (Lipinski definition) is 9. The zero-order chi connectivity index (χ0) is 30.3. The van der Waals surface area contributed by atoms with Crippen molar-refractivity contribution in [1.29, 1.82) is 0 Å². The van der Waals surface area contributed by atoms with Crippen molar-refractivity contribution in [3.05, 3.63) is 53.8 Å². The van der Waals surface area contributed by atoms with Gasteiger partial charge in [-0.2, -0.15) is 4.80 Å². The lowest BCUT2D eigenvalue weighted by molar-refractivity contribution is -0.142. The number of tetrazole rings is 1. The summed E-state index contributed by atoms with van der Waals surface area (Å²) in [6.07, 6.45) is 0. The van der Waals surface area contributed by atoms with Crippen LogP contribution in [-0.2, 0) is 20.9 Å². The van der Waals surface area contributed by atoms with E-state index in [2.05, 4.69) is 25.6 Å². The molecular weight excluding hydrogens is 545 g/mol. The predicted octanol–water partition coefficient (Wildman–Crippen LogP) is 2.31. The molecule has 1 fully saturated rings. The Bertz CT molecular complexity index is 1350. The third-order valence-corrected chi connectivity index (χ3v) is 6.70. The summed E-state index contributed by atoms with van der Waals surface area (Å²) in [7, 11) is 3.08. The highest BCUT2D eigenvalue weighted by Gasteiger charge is 2.34. The molecule has 42 heavy (non-hydrogen) atoms. The minimum atomic E-state index is -1.01. The van der Waals surface area contributed by atoms with Crippen molar-refractivity contribution in [3.8, 4) is 22.9 Å². The number of halogens is 1. The Morgan fingerprint density at radius 2 is 1.76 bits per heavy atom. The Morgan fingerprint density at radius 1 is 1.07 bits per heavy atom. The van der Waals surface area contributed by atoms with Crippen LogP contribution in [0.1, 0.15) is 32.4 Å². The number of aromatic nitrogens is 4. The van der Waals surface area contributed by atoms with Gasteiger partial charge in [-0.15, -0.1) is 10.2 Å². The number of ether oxygens (including phenoxy) is 3. The van der Waals surface area contributed by atoms with Gasteiger partial charge in [-0.1, -0.05) is 12.1 Å². The molecule has 3 aromatic rings. The van der Waals surface area contributed by atoms with E-state index in [1.54, 1.807) is 25.3 Å². The molecule has 1 saturated heterocycles. The van der Waals surface area contributed by atoms with Gasteiger partial charge in [0.25, 0.3) is 0 Å². The normalized spacial score (nSPS) is 14.7. The number of carbonyl (C=O) groups is 2. The van der Waals surface area contributed by atoms with E-state index in [0.717, 1.165) is 13.1 Å². The van der Waals surface area contributed by atoms with E-state index < -0.39 is 23.3 Å². The van der Waals surface area contributed by atoms with Crippen LogP contribution in [0.3, 0.4) is 0 Å². The average molecular weight is 584 g/mol. The van der Waals surface area contributed by atoms with Gasteiger partial charge in [0.1, 0.15) is 18.4 Å². The van der Waals surface area contributed by atoms with Gasteiger partial charge >= 0.3 is 0 Å². The van der Waals surface area contributed by atoms with E-state index in [9.17, 15) is 14.0 Å². The molecular formula is C29H38FN7O5. The number of nitrogens with one attached hydrogen (secondary N) is 1. The number of methoxy groups -OCH3 is 2. The second-order valence-electron chi connectivity index (χ2n) is 10.9. The highest BCUT2D eigenvalue weighted by atomic mass is 19.1. The Hall–Kier alpha value is -4.10. The molecule has 4 rings (SSSR count). The molecule has 2 heterocycles. The Balaban J connectivity index is 1.62. The fourth-order valence-electron chi connectivity index (χ4n) is 4.64. The third-order valence-electron chi connectivity index (χ3n) is 6.70. The zero-order valence-electron chi connectivity index (χ0n) is 24.7. The van der Waals surface area contributed by atoms with Gasteiger partial charge in [-0.25, -0.2) is 4.39 Å². The van der Waals surface area contributed by atoms with Crippen LogP contribution in [0.4, 0.5) is 4.39 Å². The molecule has 226 valence electrons. The maximum absolute atomic E-state index is 13.9. The Morgan fingerprint density at radius 3 is 2.40 bits per heavy atom. The molecule has 1 aliphatic heterocycles. The molecule has 1 aliphatic rings. The fraction of sp³-hybridized carbons (Fsp3) is 0.483. The number of carbonyl (C=O) groups excluding carboxylic acids is 2. The molecule has 13 heteroatoms. The molecule has 1 N–H and O–H groups in total. The van der Waals surface area contributed by atoms with Gasteiger partial charge in [0.05, 0.1) is 27.4 Å². The predicted molar refractivity (Wildman–Crippen MR) is 152 cm³/mol. The summed E-state index contributed by atoms with van der Waals surface area (Å²) in [6.45, 7) is 8.73. The van der Waals surface area contributed by atoms with Crippen LogP contribution in [-0.4, -0.2) is 101 Å². The summed E-state index contributed by atoms with van der Waals surface area (Å²) in [5.41, 5.74) is 0.561. The minimum Gasteiger partial charge on any atom is -0.493 e. The van der Waals surface area contributed by atoms with E-state index in [0.29, 0.717) is 48.2 Å². The van der Waals surface area contributed by atoms with Crippen molar-refractivity contribution >= 4 is 11.8 Å². The van der Waals surface area contributed by atoms with Crippen molar-refractivity contribution in [1.82, 2.24) is 35.3 Å². The van der Waals surface area contributed by atoms with E-state index >= 15 is 0 Å². The van der Waals surface area contributed by atoms with Gasteiger partial charge in [0.2, 0.25) is 17.6 Å². The maximum atomic E-state index is 13.9. The smallest absolute Gasteiger partial charge is 0.247 e. The molecule has 0 unspecified atom stereocenters. The minimum absolute atomic E-state index is 0.246. The van der Waals surface area contributed by atoms with E-state index in [4.69, 9.17) is 14.2 Å². The number of nitrogens with zero attached hydrogens (tertiary/aromatic N) is 6. The SMILES string of the molecule is COc1ccc(-c2nnn(CC(=O)N(CCN3CCOCC3)[C@@H](C(=O)NC(C)(C)C)c3ccc(F)cc3)n2)cc1OC. The highest BCUT2D eigenvalue weighted by Crippen LogP contribution is 2.31. The van der Waals surface area contributed by atoms with Crippen LogP contribution in [0.5, 0.6) is 11.5 Å². The first-order valence-corrected chi connectivity index (χ1v) is 13.7. The molecule has 0 radical (unpaired) electrons. The summed E-state index contributed by atoms with van der Waals surface area (Å²) in [4.78, 5) is 32.5. The second kappa shape index (κ2) is 13.7. The zero-order valence-corrected chi connectivity index (χ0v) is 24.7. The fourth-order valence-corrected chi connectivity index (χ4v) is 4.64. The standard InChI is InChI=1S/C29H38FN7O5/c1-29(2,3)31-28(39)26(20-6-9-22(30)10-7-20)36(13-12-35-14-16-42-17-15-35)25(38)19-37-33-27(32-34-37)21-8-11-23(40-4)24(18-21)41-5/h6-11,18,26H,12-17,19H2,1-5H3,(H,31,39)/t26-/m1/s1. The lowest BCUT2D eigenvalue weighted by Crippen LogP contribution is -2.52. The molecule has 2 aromatic carbocycles. The first-order valence-electron chi connectivity index (χ1n) is 13.7. The van der Waals surface area contributed by atoms with Crippen LogP contribution >= 0.6 is 0 Å². The molecule has 2 amide bonds. The molecule has 0 spiro atoms. The lowest BCUT2D eigenvalue weighted by atomic mass is 10.0. The molecule has 1 atom stereocenters. The van der Waals surface area contributed by atoms with Crippen molar-refractivity contribution in [2.24, 2.45) is 0 Å². The Labute approximate surface area is 244 Å². The summed E-state index contributed by atoms with van der Waals surface area (Å²) in [5, 5.41) is 15.6. The van der Waals surface area contributed by atoms with Gasteiger partial charge < -0.3 is 24.4 Å². The van der Waals surface area contributed by atoms with Crippen molar-refractivity contribution < 1.29 is 28.2 Å². The molecule has 0 bridgehead atoms. The van der Waals surface area contributed by atoms with Crippen molar-refractivity contribution in [2.45, 2.75) is 38.9 Å². The van der Waals surface area contributed by atoms with Gasteiger partial charge in [0, 0.05) is 37.3 Å².